The molecule has 0 bridgehead atoms. The van der Waals surface area contributed by atoms with Crippen LogP contribution in [-0.2, 0) is 9.53 Å². The summed E-state index contributed by atoms with van der Waals surface area (Å²) < 4.78 is 38.2. The lowest BCUT2D eigenvalue weighted by atomic mass is 10.2. The number of nitrogens with one attached hydrogen (secondary N) is 1. The number of nitrogen functional groups attached to an aromatic ring is 1. The molecule has 0 aromatic carbocycles. The predicted molar refractivity (Wildman–Crippen MR) is 77.5 cm³/mol. The molecule has 8 nitrogen and oxygen atoms in total. The third-order valence-corrected chi connectivity index (χ3v) is 2.62. The molecule has 0 radical (unpaired) electrons. The van der Waals surface area contributed by atoms with Gasteiger partial charge in [-0.25, -0.2) is 9.31 Å². The Morgan fingerprint density at radius 1 is 1.46 bits per heavy atom. The van der Waals surface area contributed by atoms with E-state index in [0.717, 1.165) is 0 Å². The number of fused-ring (bicyclic) bond motifs is 1. The fraction of sp³-hybridized carbons (Fsp3) is 0.308. The first-order valence-electron chi connectivity index (χ1n) is 6.47. The Labute approximate surface area is 134 Å². The van der Waals surface area contributed by atoms with Crippen molar-refractivity contribution in [2.45, 2.75) is 6.18 Å². The number of carboxylic acid groups (broad SMARTS) is 1. The number of aromatic nitrogens is 2. The molecule has 0 atom stereocenters. The second-order valence-corrected chi connectivity index (χ2v) is 4.40. The number of methoxy groups -OCH3 is 1. The standard InChI is InChI=1S/C11H14N4O2.C2HF3O2/c1-17-5-3-13-11(16)9-7-14-15-4-2-8(12)6-10(9)15;3-2(4,5)1(6)7/h2,4,6-7H,3,5,12H2,1H3,(H,13,16);(H,6,7). The number of hydrogen-bond acceptors (Lipinski definition) is 5. The van der Waals surface area contributed by atoms with E-state index < -0.39 is 12.1 Å². The molecule has 11 heteroatoms. The molecule has 24 heavy (non-hydrogen) atoms. The quantitative estimate of drug-likeness (QED) is 0.707. The molecule has 0 unspecified atom stereocenters. The molecule has 0 aliphatic rings. The SMILES string of the molecule is COCCNC(=O)c1cnn2ccc(N)cc12.O=C(O)C(F)(F)F. The zero-order valence-electron chi connectivity index (χ0n) is 12.5. The Bertz CT molecular complexity index is 715. The van der Waals surface area contributed by atoms with Gasteiger partial charge in [-0.2, -0.15) is 18.3 Å². The molecule has 0 aliphatic carbocycles. The van der Waals surface area contributed by atoms with Crippen molar-refractivity contribution in [1.29, 1.82) is 0 Å². The molecule has 1 amide bonds. The van der Waals surface area contributed by atoms with Gasteiger partial charge in [0.1, 0.15) is 0 Å². The smallest absolute Gasteiger partial charge is 0.475 e. The van der Waals surface area contributed by atoms with Gasteiger partial charge in [0.2, 0.25) is 0 Å². The van der Waals surface area contributed by atoms with E-state index in [1.165, 1.54) is 6.20 Å². The molecule has 0 saturated carbocycles. The van der Waals surface area contributed by atoms with Crippen LogP contribution in [0.2, 0.25) is 0 Å². The number of ether oxygens (including phenoxy) is 1. The zero-order valence-corrected chi connectivity index (χ0v) is 12.5. The summed E-state index contributed by atoms with van der Waals surface area (Å²) in [5, 5.41) is 13.9. The van der Waals surface area contributed by atoms with Gasteiger partial charge in [0.25, 0.3) is 5.91 Å². The fourth-order valence-electron chi connectivity index (χ4n) is 1.53. The highest BCUT2D eigenvalue weighted by Crippen LogP contribution is 2.14. The molecule has 0 spiro atoms. The van der Waals surface area contributed by atoms with Crippen LogP contribution in [0.5, 0.6) is 0 Å². The highest BCUT2D eigenvalue weighted by atomic mass is 19.4. The monoisotopic (exact) mass is 348 g/mol. The molecule has 2 rings (SSSR count). The van der Waals surface area contributed by atoms with Crippen LogP contribution < -0.4 is 11.1 Å². The third kappa shape index (κ3) is 5.43. The van der Waals surface area contributed by atoms with Crippen LogP contribution >= 0.6 is 0 Å². The number of halogens is 3. The number of carbonyl (C=O) groups excluding carboxylic acids is 1. The van der Waals surface area contributed by atoms with E-state index in [0.29, 0.717) is 29.9 Å². The maximum atomic E-state index is 11.8. The molecule has 4 N–H and O–H groups in total. The lowest BCUT2D eigenvalue weighted by Gasteiger charge is -2.03. The number of nitrogens with two attached hydrogens (primary N) is 1. The number of alkyl halides is 3. The molecule has 0 aliphatic heterocycles. The van der Waals surface area contributed by atoms with Gasteiger partial charge in [-0.05, 0) is 12.1 Å². The molecular weight excluding hydrogens is 333 g/mol. The molecule has 2 heterocycles. The summed E-state index contributed by atoms with van der Waals surface area (Å²) in [4.78, 5) is 20.7. The van der Waals surface area contributed by atoms with Crippen molar-refractivity contribution < 1.29 is 32.6 Å². The summed E-state index contributed by atoms with van der Waals surface area (Å²) in [7, 11) is 1.59. The number of carboxylic acids is 1. The Balaban J connectivity index is 0.000000351. The summed E-state index contributed by atoms with van der Waals surface area (Å²) >= 11 is 0. The van der Waals surface area contributed by atoms with Crippen molar-refractivity contribution in [3.8, 4) is 0 Å². The van der Waals surface area contributed by atoms with Crippen molar-refractivity contribution in [2.75, 3.05) is 26.0 Å². The molecule has 2 aromatic heterocycles. The number of pyridine rings is 1. The van der Waals surface area contributed by atoms with E-state index in [1.54, 1.807) is 30.0 Å². The van der Waals surface area contributed by atoms with Crippen LogP contribution in [0.4, 0.5) is 18.9 Å². The Hall–Kier alpha value is -2.82. The Morgan fingerprint density at radius 3 is 2.62 bits per heavy atom. The molecule has 0 saturated heterocycles. The zero-order chi connectivity index (χ0) is 18.3. The second-order valence-electron chi connectivity index (χ2n) is 4.40. The van der Waals surface area contributed by atoms with Gasteiger partial charge in [0.15, 0.2) is 0 Å². The van der Waals surface area contributed by atoms with Crippen molar-refractivity contribution in [3.05, 3.63) is 30.1 Å². The Morgan fingerprint density at radius 2 is 2.08 bits per heavy atom. The first-order chi connectivity index (χ1) is 11.2. The van der Waals surface area contributed by atoms with Gasteiger partial charge in [-0.1, -0.05) is 0 Å². The largest absolute Gasteiger partial charge is 0.490 e. The third-order valence-electron chi connectivity index (χ3n) is 2.62. The van der Waals surface area contributed by atoms with E-state index in [1.807, 2.05) is 0 Å². The summed E-state index contributed by atoms with van der Waals surface area (Å²) in [6.07, 6.45) is -1.84. The van der Waals surface area contributed by atoms with Crippen LogP contribution in [0.3, 0.4) is 0 Å². The van der Waals surface area contributed by atoms with Crippen LogP contribution in [-0.4, -0.2) is 53.0 Å². The maximum Gasteiger partial charge on any atom is 0.490 e. The number of amides is 1. The van der Waals surface area contributed by atoms with Crippen molar-refractivity contribution in [3.63, 3.8) is 0 Å². The lowest BCUT2D eigenvalue weighted by Crippen LogP contribution is -2.26. The number of hydrogen-bond donors (Lipinski definition) is 3. The fourth-order valence-corrected chi connectivity index (χ4v) is 1.53. The minimum atomic E-state index is -5.08. The van der Waals surface area contributed by atoms with Crippen molar-refractivity contribution in [2.24, 2.45) is 0 Å². The minimum absolute atomic E-state index is 0.178. The molecular formula is C13H15F3N4O4. The first kappa shape index (κ1) is 19.2. The summed E-state index contributed by atoms with van der Waals surface area (Å²) in [5.41, 5.74) is 7.48. The summed E-state index contributed by atoms with van der Waals surface area (Å²) in [6, 6.07) is 3.45. The van der Waals surface area contributed by atoms with E-state index in [9.17, 15) is 18.0 Å². The van der Waals surface area contributed by atoms with Crippen molar-refractivity contribution >= 4 is 23.1 Å². The normalized spacial score (nSPS) is 10.8. The average molecular weight is 348 g/mol. The second kappa shape index (κ2) is 8.15. The van der Waals surface area contributed by atoms with Crippen LogP contribution in [0.25, 0.3) is 5.52 Å². The molecule has 2 aromatic rings. The number of anilines is 1. The summed E-state index contributed by atoms with van der Waals surface area (Å²) in [5.74, 6) is -2.94. The van der Waals surface area contributed by atoms with Gasteiger partial charge in [-0.15, -0.1) is 0 Å². The van der Waals surface area contributed by atoms with E-state index in [4.69, 9.17) is 20.4 Å². The average Bonchev–Trinajstić information content (AvgIpc) is 2.90. The predicted octanol–water partition coefficient (Wildman–Crippen LogP) is 0.926. The topological polar surface area (TPSA) is 119 Å². The van der Waals surface area contributed by atoms with Gasteiger partial charge < -0.3 is 20.9 Å². The lowest BCUT2D eigenvalue weighted by molar-refractivity contribution is -0.192. The highest BCUT2D eigenvalue weighted by Gasteiger charge is 2.38. The number of rotatable bonds is 4. The molecule has 0 fully saturated rings. The Kier molecular flexibility index (Phi) is 6.53. The first-order valence-corrected chi connectivity index (χ1v) is 6.47. The highest BCUT2D eigenvalue weighted by molar-refractivity contribution is 6.00. The van der Waals surface area contributed by atoms with Gasteiger partial charge in [0.05, 0.1) is 23.9 Å². The maximum absolute atomic E-state index is 11.8. The van der Waals surface area contributed by atoms with Crippen LogP contribution in [0, 0.1) is 0 Å². The minimum Gasteiger partial charge on any atom is -0.475 e. The van der Waals surface area contributed by atoms with E-state index >= 15 is 0 Å². The molecule has 132 valence electrons. The van der Waals surface area contributed by atoms with Crippen LogP contribution in [0.15, 0.2) is 24.5 Å². The van der Waals surface area contributed by atoms with Crippen LogP contribution in [0.1, 0.15) is 10.4 Å². The number of carbonyl (C=O) groups is 2. The van der Waals surface area contributed by atoms with E-state index in [2.05, 4.69) is 10.4 Å². The summed E-state index contributed by atoms with van der Waals surface area (Å²) in [6.45, 7) is 0.947. The number of nitrogens with zero attached hydrogens (tertiary/aromatic N) is 2. The van der Waals surface area contributed by atoms with E-state index in [-0.39, 0.29) is 5.91 Å². The van der Waals surface area contributed by atoms with Gasteiger partial charge in [-0.3, -0.25) is 4.79 Å². The van der Waals surface area contributed by atoms with Gasteiger partial charge in [0, 0.05) is 25.5 Å². The van der Waals surface area contributed by atoms with Crippen molar-refractivity contribution in [1.82, 2.24) is 14.9 Å². The number of aliphatic carboxylic acids is 1. The van der Waals surface area contributed by atoms with Gasteiger partial charge >= 0.3 is 12.1 Å².